The molecule has 1 aliphatic rings. The van der Waals surface area contributed by atoms with E-state index >= 15 is 0 Å². The van der Waals surface area contributed by atoms with Gasteiger partial charge in [0.1, 0.15) is 0 Å². The summed E-state index contributed by atoms with van der Waals surface area (Å²) >= 11 is 0. The summed E-state index contributed by atoms with van der Waals surface area (Å²) in [6.45, 7) is 2.67. The number of benzene rings is 1. The molecule has 1 fully saturated rings. The van der Waals surface area contributed by atoms with Gasteiger partial charge in [-0.3, -0.25) is 14.4 Å². The molecule has 1 aliphatic heterocycles. The minimum absolute atomic E-state index is 0.0248. The highest BCUT2D eigenvalue weighted by molar-refractivity contribution is 5.91. The van der Waals surface area contributed by atoms with Crippen molar-refractivity contribution in [2.45, 2.75) is 45.1 Å². The van der Waals surface area contributed by atoms with Crippen LogP contribution in [0.5, 0.6) is 0 Å². The first-order valence-electron chi connectivity index (χ1n) is 8.13. The lowest BCUT2D eigenvalue weighted by molar-refractivity contribution is -0.145. The average molecular weight is 317 g/mol. The van der Waals surface area contributed by atoms with E-state index in [0.29, 0.717) is 26.0 Å². The normalized spacial score (nSPS) is 17.1. The fourth-order valence-corrected chi connectivity index (χ4v) is 2.90. The molecular formula is C18H23NO4. The van der Waals surface area contributed by atoms with Crippen LogP contribution in [0.3, 0.4) is 0 Å². The Bertz CT molecular complexity index is 555. The van der Waals surface area contributed by atoms with Crippen LogP contribution in [0.1, 0.15) is 38.2 Å². The van der Waals surface area contributed by atoms with Crippen molar-refractivity contribution in [1.82, 2.24) is 4.90 Å². The first-order valence-corrected chi connectivity index (χ1v) is 8.13. The molecule has 1 amide bonds. The maximum Gasteiger partial charge on any atom is 0.306 e. The van der Waals surface area contributed by atoms with Crippen molar-refractivity contribution >= 4 is 17.7 Å². The molecule has 0 bridgehead atoms. The number of ketones is 1. The van der Waals surface area contributed by atoms with Crippen LogP contribution in [0.4, 0.5) is 0 Å². The molecule has 5 nitrogen and oxygen atoms in total. The van der Waals surface area contributed by atoms with Gasteiger partial charge in [0.15, 0.2) is 5.78 Å². The molecule has 0 radical (unpaired) electrons. The summed E-state index contributed by atoms with van der Waals surface area (Å²) in [5.74, 6) is -0.429. The molecule has 2 rings (SSSR count). The van der Waals surface area contributed by atoms with Crippen molar-refractivity contribution in [2.75, 3.05) is 13.2 Å². The summed E-state index contributed by atoms with van der Waals surface area (Å²) in [5, 5.41) is 0. The Hall–Kier alpha value is -2.17. The summed E-state index contributed by atoms with van der Waals surface area (Å²) in [4.78, 5) is 37.8. The molecule has 1 heterocycles. The number of ether oxygens (including phenoxy) is 1. The standard InChI is InChI=1S/C18H23NO4/c1-2-23-18(22)11-10-16(20)15-9-6-12-19(15)17(21)13-14-7-4-3-5-8-14/h3-5,7-8,15H,2,6,9-13H2,1H3/t15-/m1/s1. The minimum atomic E-state index is -0.388. The molecule has 1 aromatic rings. The third-order valence-corrected chi connectivity index (χ3v) is 4.02. The van der Waals surface area contributed by atoms with Crippen molar-refractivity contribution < 1.29 is 19.1 Å². The maximum absolute atomic E-state index is 12.5. The number of Topliss-reactive ketones (excluding diaryl/α,β-unsaturated/α-hetero) is 1. The van der Waals surface area contributed by atoms with Crippen LogP contribution in [-0.4, -0.2) is 41.8 Å². The van der Waals surface area contributed by atoms with Gasteiger partial charge in [-0.2, -0.15) is 0 Å². The monoisotopic (exact) mass is 317 g/mol. The second kappa shape index (κ2) is 8.46. The van der Waals surface area contributed by atoms with E-state index in [1.54, 1.807) is 11.8 Å². The van der Waals surface area contributed by atoms with E-state index < -0.39 is 0 Å². The van der Waals surface area contributed by atoms with Crippen LogP contribution in [0.2, 0.25) is 0 Å². The van der Waals surface area contributed by atoms with Gasteiger partial charge < -0.3 is 9.64 Å². The number of carbonyl (C=O) groups is 3. The molecule has 0 aromatic heterocycles. The summed E-state index contributed by atoms with van der Waals surface area (Å²) < 4.78 is 4.84. The van der Waals surface area contributed by atoms with Gasteiger partial charge in [0.05, 0.1) is 25.5 Å². The second-order valence-electron chi connectivity index (χ2n) is 5.68. The third-order valence-electron chi connectivity index (χ3n) is 4.02. The van der Waals surface area contributed by atoms with E-state index in [1.807, 2.05) is 30.3 Å². The molecule has 5 heteroatoms. The van der Waals surface area contributed by atoms with E-state index in [-0.39, 0.29) is 36.5 Å². The highest BCUT2D eigenvalue weighted by Crippen LogP contribution is 2.21. The summed E-state index contributed by atoms with van der Waals surface area (Å²) in [7, 11) is 0. The largest absolute Gasteiger partial charge is 0.466 e. The first kappa shape index (κ1) is 17.2. The van der Waals surface area contributed by atoms with E-state index in [2.05, 4.69) is 0 Å². The number of likely N-dealkylation sites (tertiary alicyclic amines) is 1. The Morgan fingerprint density at radius 3 is 2.61 bits per heavy atom. The van der Waals surface area contributed by atoms with Crippen molar-refractivity contribution in [2.24, 2.45) is 0 Å². The van der Waals surface area contributed by atoms with Crippen molar-refractivity contribution in [1.29, 1.82) is 0 Å². The van der Waals surface area contributed by atoms with Gasteiger partial charge in [-0.05, 0) is 25.3 Å². The van der Waals surface area contributed by atoms with Crippen LogP contribution in [0.25, 0.3) is 0 Å². The van der Waals surface area contributed by atoms with Crippen LogP contribution >= 0.6 is 0 Å². The van der Waals surface area contributed by atoms with E-state index in [0.717, 1.165) is 12.0 Å². The van der Waals surface area contributed by atoms with Gasteiger partial charge in [-0.15, -0.1) is 0 Å². The smallest absolute Gasteiger partial charge is 0.306 e. The number of nitrogens with zero attached hydrogens (tertiary/aromatic N) is 1. The van der Waals surface area contributed by atoms with Crippen LogP contribution in [0.15, 0.2) is 30.3 Å². The van der Waals surface area contributed by atoms with Gasteiger partial charge in [-0.25, -0.2) is 0 Å². The molecule has 1 atom stereocenters. The van der Waals surface area contributed by atoms with Crippen LogP contribution < -0.4 is 0 Å². The Balaban J connectivity index is 1.90. The SMILES string of the molecule is CCOC(=O)CCC(=O)[C@H]1CCCN1C(=O)Cc1ccccc1. The van der Waals surface area contributed by atoms with E-state index in [9.17, 15) is 14.4 Å². The molecule has 0 saturated carbocycles. The zero-order chi connectivity index (χ0) is 16.7. The lowest BCUT2D eigenvalue weighted by atomic mass is 10.0. The molecule has 124 valence electrons. The van der Waals surface area contributed by atoms with Gasteiger partial charge in [0.2, 0.25) is 5.91 Å². The Morgan fingerprint density at radius 1 is 1.17 bits per heavy atom. The Morgan fingerprint density at radius 2 is 1.91 bits per heavy atom. The lowest BCUT2D eigenvalue weighted by Crippen LogP contribution is -2.41. The van der Waals surface area contributed by atoms with Gasteiger partial charge in [-0.1, -0.05) is 30.3 Å². The second-order valence-corrected chi connectivity index (χ2v) is 5.68. The Labute approximate surface area is 136 Å². The van der Waals surface area contributed by atoms with E-state index in [4.69, 9.17) is 4.74 Å². The third kappa shape index (κ3) is 4.91. The average Bonchev–Trinajstić information content (AvgIpc) is 3.03. The summed E-state index contributed by atoms with van der Waals surface area (Å²) in [6, 6.07) is 9.13. The molecule has 0 unspecified atom stereocenters. The highest BCUT2D eigenvalue weighted by Gasteiger charge is 2.33. The van der Waals surface area contributed by atoms with Gasteiger partial charge in [0, 0.05) is 13.0 Å². The van der Waals surface area contributed by atoms with Crippen molar-refractivity contribution in [3.8, 4) is 0 Å². The fourth-order valence-electron chi connectivity index (χ4n) is 2.90. The summed E-state index contributed by atoms with van der Waals surface area (Å²) in [6.07, 6.45) is 2.05. The molecule has 0 spiro atoms. The van der Waals surface area contributed by atoms with Gasteiger partial charge in [0.25, 0.3) is 0 Å². The number of hydrogen-bond acceptors (Lipinski definition) is 4. The number of carbonyl (C=O) groups excluding carboxylic acids is 3. The van der Waals surface area contributed by atoms with Crippen molar-refractivity contribution in [3.63, 3.8) is 0 Å². The molecule has 1 saturated heterocycles. The number of hydrogen-bond donors (Lipinski definition) is 0. The predicted octanol–water partition coefficient (Wildman–Crippen LogP) is 2.13. The minimum Gasteiger partial charge on any atom is -0.466 e. The Kier molecular flexibility index (Phi) is 6.32. The number of rotatable bonds is 7. The van der Waals surface area contributed by atoms with Crippen molar-refractivity contribution in [3.05, 3.63) is 35.9 Å². The zero-order valence-electron chi connectivity index (χ0n) is 13.5. The fraction of sp³-hybridized carbons (Fsp3) is 0.500. The number of esters is 1. The lowest BCUT2D eigenvalue weighted by Gasteiger charge is -2.23. The molecule has 0 aliphatic carbocycles. The molecule has 1 aromatic carbocycles. The quantitative estimate of drug-likeness (QED) is 0.723. The van der Waals surface area contributed by atoms with Crippen LogP contribution in [-0.2, 0) is 25.5 Å². The highest BCUT2D eigenvalue weighted by atomic mass is 16.5. The molecule has 23 heavy (non-hydrogen) atoms. The zero-order valence-corrected chi connectivity index (χ0v) is 13.5. The first-order chi connectivity index (χ1) is 11.1. The van der Waals surface area contributed by atoms with E-state index in [1.165, 1.54) is 0 Å². The molecular weight excluding hydrogens is 294 g/mol. The van der Waals surface area contributed by atoms with Crippen LogP contribution in [0, 0.1) is 0 Å². The predicted molar refractivity (Wildman–Crippen MR) is 85.8 cm³/mol. The topological polar surface area (TPSA) is 63.7 Å². The molecule has 0 N–H and O–H groups in total. The van der Waals surface area contributed by atoms with Gasteiger partial charge >= 0.3 is 5.97 Å². The summed E-state index contributed by atoms with van der Waals surface area (Å²) in [5.41, 5.74) is 0.946. The number of amides is 1. The maximum atomic E-state index is 12.5.